The second-order valence-electron chi connectivity index (χ2n) is 5.43. The second kappa shape index (κ2) is 6.38. The summed E-state index contributed by atoms with van der Waals surface area (Å²) in [6, 6.07) is 5.45. The second-order valence-corrected chi connectivity index (χ2v) is 5.43. The van der Waals surface area contributed by atoms with E-state index in [1.54, 1.807) is 0 Å². The molecule has 0 spiro atoms. The van der Waals surface area contributed by atoms with Crippen molar-refractivity contribution in [2.75, 3.05) is 6.61 Å². The van der Waals surface area contributed by atoms with Crippen LogP contribution in [0.25, 0.3) is 22.9 Å². The third kappa shape index (κ3) is 2.94. The van der Waals surface area contributed by atoms with Crippen molar-refractivity contribution < 1.29 is 23.0 Å². The minimum Gasteiger partial charge on any atom is -0.464 e. The summed E-state index contributed by atoms with van der Waals surface area (Å²) in [6.07, 6.45) is 2.28. The first-order valence-electron chi connectivity index (χ1n) is 7.90. The Morgan fingerprint density at radius 3 is 2.68 bits per heavy atom. The van der Waals surface area contributed by atoms with Crippen LogP contribution in [0.15, 0.2) is 39.5 Å². The molecule has 0 amide bonds. The number of nitrogens with zero attached hydrogens (tertiary/aromatic N) is 2. The first-order valence-corrected chi connectivity index (χ1v) is 7.90. The van der Waals surface area contributed by atoms with Crippen molar-refractivity contribution in [3.8, 4) is 28.9 Å². The molecule has 0 aliphatic carbocycles. The quantitative estimate of drug-likeness (QED) is 0.662. The van der Waals surface area contributed by atoms with Crippen LogP contribution >= 0.6 is 0 Å². The van der Waals surface area contributed by atoms with Gasteiger partial charge < -0.3 is 23.0 Å². The van der Waals surface area contributed by atoms with Gasteiger partial charge in [-0.1, -0.05) is 23.7 Å². The van der Waals surface area contributed by atoms with E-state index in [1.807, 2.05) is 32.0 Å². The third-order valence-corrected chi connectivity index (χ3v) is 3.73. The van der Waals surface area contributed by atoms with Gasteiger partial charge in [0, 0.05) is 11.1 Å². The summed E-state index contributed by atoms with van der Waals surface area (Å²) in [6.45, 7) is 4.17. The van der Waals surface area contributed by atoms with Gasteiger partial charge in [0.25, 0.3) is 0 Å². The highest BCUT2D eigenvalue weighted by atomic mass is 16.9. The number of hydrogen-bond donors (Lipinski definition) is 0. The van der Waals surface area contributed by atoms with E-state index in [-0.39, 0.29) is 6.29 Å². The molecule has 3 heterocycles. The molecule has 1 fully saturated rings. The van der Waals surface area contributed by atoms with Gasteiger partial charge in [-0.15, -0.1) is 0 Å². The Balaban J connectivity index is 1.64. The van der Waals surface area contributed by atoms with E-state index in [4.69, 9.17) is 30.9 Å². The number of ether oxygens (including phenoxy) is 3. The van der Waals surface area contributed by atoms with E-state index in [0.717, 1.165) is 0 Å². The predicted octanol–water partition coefficient (Wildman–Crippen LogP) is 2.58. The smallest absolute Gasteiger partial charge is 0.305 e. The van der Waals surface area contributed by atoms with Crippen LogP contribution in [0, 0.1) is 0 Å². The molecule has 0 unspecified atom stereocenters. The van der Waals surface area contributed by atoms with Gasteiger partial charge in [-0.2, -0.15) is 0 Å². The van der Waals surface area contributed by atoms with Crippen LogP contribution in [0.3, 0.4) is 0 Å². The lowest BCUT2D eigenvalue weighted by molar-refractivity contribution is -0.383. The number of aromatic nitrogens is 2. The van der Waals surface area contributed by atoms with E-state index in [2.05, 4.69) is 9.97 Å². The summed E-state index contributed by atoms with van der Waals surface area (Å²) in [5.74, 6) is 1.08. The molecule has 1 aliphatic rings. The fourth-order valence-corrected chi connectivity index (χ4v) is 2.55. The van der Waals surface area contributed by atoms with Crippen LogP contribution in [0.2, 0.25) is 0 Å². The van der Waals surface area contributed by atoms with Gasteiger partial charge in [-0.25, -0.2) is 9.97 Å². The van der Waals surface area contributed by atoms with Gasteiger partial charge in [0.15, 0.2) is 6.29 Å². The Kier molecular flexibility index (Phi) is 4.06. The van der Waals surface area contributed by atoms with Crippen LogP contribution in [-0.2, 0) is 9.47 Å². The fraction of sp³-hybridized carbons (Fsp3) is 0.294. The molecule has 1 aliphatic heterocycles. The van der Waals surface area contributed by atoms with E-state index in [9.17, 15) is 0 Å². The molecule has 0 N–H and O–H groups in total. The molecule has 1 aromatic carbocycles. The Labute approximate surface area is 145 Å². The van der Waals surface area contributed by atoms with Crippen molar-refractivity contribution >= 4 is 13.3 Å². The SMILES string of the molecule is [B]c1c(-c2nc(C3OC(C)O3)co2)cccc1-c1ncc(OCC)o1. The maximum Gasteiger partial charge on any atom is 0.305 e. The zero-order chi connectivity index (χ0) is 17.4. The fourth-order valence-electron chi connectivity index (χ4n) is 2.55. The lowest BCUT2D eigenvalue weighted by Crippen LogP contribution is -2.31. The van der Waals surface area contributed by atoms with Crippen LogP contribution in [0.4, 0.5) is 0 Å². The topological polar surface area (TPSA) is 79.8 Å². The van der Waals surface area contributed by atoms with Gasteiger partial charge in [0.1, 0.15) is 26.0 Å². The molecule has 1 saturated heterocycles. The first kappa shape index (κ1) is 15.9. The lowest BCUT2D eigenvalue weighted by atomic mass is 9.85. The molecule has 0 saturated carbocycles. The van der Waals surface area contributed by atoms with E-state index < -0.39 is 6.29 Å². The molecule has 8 heteroatoms. The van der Waals surface area contributed by atoms with Crippen molar-refractivity contribution in [3.63, 3.8) is 0 Å². The number of oxazole rings is 2. The van der Waals surface area contributed by atoms with Crippen molar-refractivity contribution in [3.05, 3.63) is 36.4 Å². The summed E-state index contributed by atoms with van der Waals surface area (Å²) in [7, 11) is 6.28. The summed E-state index contributed by atoms with van der Waals surface area (Å²) >= 11 is 0. The van der Waals surface area contributed by atoms with Crippen molar-refractivity contribution in [2.45, 2.75) is 26.4 Å². The Morgan fingerprint density at radius 2 is 1.96 bits per heavy atom. The normalized spacial score (nSPS) is 19.6. The van der Waals surface area contributed by atoms with Crippen LogP contribution in [0.5, 0.6) is 5.95 Å². The first-order chi connectivity index (χ1) is 12.2. The molecule has 25 heavy (non-hydrogen) atoms. The standard InChI is InChI=1S/C17H15BN2O5/c1-3-21-13-7-19-15(25-13)10-5-4-6-11(14(10)18)16-20-12(8-22-16)17-23-9(2)24-17/h4-9,17H,3H2,1-2H3. The van der Waals surface area contributed by atoms with Crippen molar-refractivity contribution in [1.29, 1.82) is 0 Å². The molecular weight excluding hydrogens is 323 g/mol. The highest BCUT2D eigenvalue weighted by Crippen LogP contribution is 2.32. The van der Waals surface area contributed by atoms with Crippen LogP contribution in [-0.4, -0.2) is 30.7 Å². The lowest BCUT2D eigenvalue weighted by Gasteiger charge is -2.31. The maximum atomic E-state index is 6.28. The molecule has 7 nitrogen and oxygen atoms in total. The van der Waals surface area contributed by atoms with Crippen molar-refractivity contribution in [2.24, 2.45) is 0 Å². The average molecular weight is 338 g/mol. The van der Waals surface area contributed by atoms with Gasteiger partial charge in [-0.3, -0.25) is 0 Å². The number of benzene rings is 1. The zero-order valence-corrected chi connectivity index (χ0v) is 13.8. The number of rotatable bonds is 5. The van der Waals surface area contributed by atoms with E-state index in [0.29, 0.717) is 46.6 Å². The molecular formula is C17H15BN2O5. The van der Waals surface area contributed by atoms with E-state index in [1.165, 1.54) is 12.5 Å². The highest BCUT2D eigenvalue weighted by Gasteiger charge is 2.31. The molecule has 126 valence electrons. The summed E-state index contributed by atoms with van der Waals surface area (Å²) in [5, 5.41) is 0. The Hall–Kier alpha value is -2.58. The third-order valence-electron chi connectivity index (χ3n) is 3.73. The van der Waals surface area contributed by atoms with Crippen LogP contribution < -0.4 is 10.2 Å². The number of hydrogen-bond acceptors (Lipinski definition) is 7. The highest BCUT2D eigenvalue weighted by molar-refractivity contribution is 6.39. The minimum atomic E-state index is -0.502. The molecule has 3 aromatic rings. The van der Waals surface area contributed by atoms with Gasteiger partial charge in [-0.05, 0) is 13.8 Å². The monoisotopic (exact) mass is 338 g/mol. The van der Waals surface area contributed by atoms with Gasteiger partial charge >= 0.3 is 5.95 Å². The van der Waals surface area contributed by atoms with Crippen molar-refractivity contribution in [1.82, 2.24) is 9.97 Å². The summed E-state index contributed by atoms with van der Waals surface area (Å²) in [5.41, 5.74) is 2.28. The van der Waals surface area contributed by atoms with Crippen LogP contribution in [0.1, 0.15) is 25.8 Å². The minimum absolute atomic E-state index is 0.233. The molecule has 0 atom stereocenters. The van der Waals surface area contributed by atoms with Gasteiger partial charge in [0.2, 0.25) is 18.1 Å². The molecule has 4 rings (SSSR count). The summed E-state index contributed by atoms with van der Waals surface area (Å²) < 4.78 is 27.2. The zero-order valence-electron chi connectivity index (χ0n) is 13.8. The average Bonchev–Trinajstić information content (AvgIpc) is 3.22. The largest absolute Gasteiger partial charge is 0.464 e. The maximum absolute atomic E-state index is 6.28. The predicted molar refractivity (Wildman–Crippen MR) is 88.4 cm³/mol. The van der Waals surface area contributed by atoms with E-state index >= 15 is 0 Å². The van der Waals surface area contributed by atoms with Gasteiger partial charge in [0.05, 0.1) is 6.61 Å². The molecule has 2 aromatic heterocycles. The summed E-state index contributed by atoms with van der Waals surface area (Å²) in [4.78, 5) is 8.60. The molecule has 2 radical (unpaired) electrons. The molecule has 0 bridgehead atoms. The Bertz CT molecular complexity index is 885. The Morgan fingerprint density at radius 1 is 1.20 bits per heavy atom.